The zero-order valence-corrected chi connectivity index (χ0v) is 15.2. The molecule has 2 atom stereocenters. The summed E-state index contributed by atoms with van der Waals surface area (Å²) < 4.78 is 32.4. The van der Waals surface area contributed by atoms with Gasteiger partial charge in [0.25, 0.3) is 0 Å². The predicted molar refractivity (Wildman–Crippen MR) is 91.8 cm³/mol. The number of benzene rings is 1. The molecule has 3 rings (SSSR count). The van der Waals surface area contributed by atoms with Crippen LogP contribution in [0.1, 0.15) is 45.1 Å². The minimum absolute atomic E-state index is 0.00114. The standard InChI is InChI=1S/C19H25FN2O3/c1-12-8-22(9-13(2)25-12)17-15(5-14(7-21)6-16(17)20)18-23-10-19(3,4)11-24-18/h5-6,12-13,18H,8-11H2,1-4H3. The maximum Gasteiger partial charge on any atom is 0.185 e. The Morgan fingerprint density at radius 3 is 2.32 bits per heavy atom. The van der Waals surface area contributed by atoms with Crippen molar-refractivity contribution in [1.29, 1.82) is 5.26 Å². The molecule has 0 N–H and O–H groups in total. The van der Waals surface area contributed by atoms with Crippen molar-refractivity contribution in [2.24, 2.45) is 5.41 Å². The van der Waals surface area contributed by atoms with Crippen molar-refractivity contribution in [1.82, 2.24) is 0 Å². The van der Waals surface area contributed by atoms with E-state index in [0.717, 1.165) is 0 Å². The molecule has 0 radical (unpaired) electrons. The normalized spacial score (nSPS) is 27.1. The lowest BCUT2D eigenvalue weighted by Crippen LogP contribution is -2.46. The number of rotatable bonds is 2. The van der Waals surface area contributed by atoms with E-state index in [-0.39, 0.29) is 23.2 Å². The van der Waals surface area contributed by atoms with Crippen molar-refractivity contribution < 1.29 is 18.6 Å². The van der Waals surface area contributed by atoms with E-state index in [0.29, 0.717) is 37.6 Å². The van der Waals surface area contributed by atoms with Gasteiger partial charge in [0.1, 0.15) is 5.82 Å². The third kappa shape index (κ3) is 3.95. The van der Waals surface area contributed by atoms with Crippen LogP contribution in [0.5, 0.6) is 0 Å². The van der Waals surface area contributed by atoms with E-state index < -0.39 is 12.1 Å². The van der Waals surface area contributed by atoms with Crippen molar-refractivity contribution >= 4 is 5.69 Å². The number of morpholine rings is 1. The Labute approximate surface area is 148 Å². The smallest absolute Gasteiger partial charge is 0.185 e. The molecule has 2 fully saturated rings. The summed E-state index contributed by atoms with van der Waals surface area (Å²) in [6, 6.07) is 4.96. The number of ether oxygens (including phenoxy) is 3. The van der Waals surface area contributed by atoms with Crippen LogP contribution in [0.3, 0.4) is 0 Å². The van der Waals surface area contributed by atoms with Crippen LogP contribution in [-0.4, -0.2) is 38.5 Å². The molecular weight excluding hydrogens is 323 g/mol. The Hall–Kier alpha value is -1.68. The van der Waals surface area contributed by atoms with Crippen molar-refractivity contribution in [2.45, 2.75) is 46.2 Å². The van der Waals surface area contributed by atoms with Gasteiger partial charge in [-0.1, -0.05) is 13.8 Å². The van der Waals surface area contributed by atoms with Gasteiger partial charge in [0, 0.05) is 24.1 Å². The maximum atomic E-state index is 14.9. The molecule has 0 amide bonds. The summed E-state index contributed by atoms with van der Waals surface area (Å²) in [5.41, 5.74) is 1.21. The summed E-state index contributed by atoms with van der Waals surface area (Å²) in [6.07, 6.45) is -0.670. The van der Waals surface area contributed by atoms with Gasteiger partial charge in [0.05, 0.1) is 42.7 Å². The molecule has 136 valence electrons. The van der Waals surface area contributed by atoms with Crippen molar-refractivity contribution in [2.75, 3.05) is 31.2 Å². The van der Waals surface area contributed by atoms with Gasteiger partial charge in [-0.05, 0) is 26.0 Å². The zero-order chi connectivity index (χ0) is 18.2. The Bertz CT molecular complexity index is 666. The molecule has 1 aromatic rings. The van der Waals surface area contributed by atoms with E-state index in [1.807, 2.05) is 24.8 Å². The molecule has 2 aliphatic rings. The lowest BCUT2D eigenvalue weighted by molar-refractivity contribution is -0.226. The summed E-state index contributed by atoms with van der Waals surface area (Å²) in [7, 11) is 0. The molecule has 25 heavy (non-hydrogen) atoms. The third-order valence-corrected chi connectivity index (χ3v) is 4.46. The van der Waals surface area contributed by atoms with Crippen LogP contribution in [0.2, 0.25) is 0 Å². The number of hydrogen-bond donors (Lipinski definition) is 0. The van der Waals surface area contributed by atoms with Crippen LogP contribution in [0.25, 0.3) is 0 Å². The van der Waals surface area contributed by atoms with Gasteiger partial charge in [-0.3, -0.25) is 0 Å². The molecule has 0 aliphatic carbocycles. The van der Waals surface area contributed by atoms with Gasteiger partial charge < -0.3 is 19.1 Å². The molecule has 5 nitrogen and oxygen atoms in total. The first kappa shape index (κ1) is 18.1. The molecule has 0 saturated carbocycles. The summed E-state index contributed by atoms with van der Waals surface area (Å²) in [4.78, 5) is 1.97. The zero-order valence-electron chi connectivity index (χ0n) is 15.2. The highest BCUT2D eigenvalue weighted by molar-refractivity contribution is 5.59. The van der Waals surface area contributed by atoms with E-state index in [1.165, 1.54) is 6.07 Å². The quantitative estimate of drug-likeness (QED) is 0.820. The lowest BCUT2D eigenvalue weighted by atomic mass is 9.95. The van der Waals surface area contributed by atoms with Gasteiger partial charge in [-0.25, -0.2) is 4.39 Å². The largest absolute Gasteiger partial charge is 0.372 e. The van der Waals surface area contributed by atoms with Crippen molar-refractivity contribution in [3.8, 4) is 6.07 Å². The molecular formula is C19H25FN2O3. The van der Waals surface area contributed by atoms with E-state index in [1.54, 1.807) is 6.07 Å². The number of anilines is 1. The van der Waals surface area contributed by atoms with Crippen LogP contribution in [-0.2, 0) is 14.2 Å². The molecule has 2 unspecified atom stereocenters. The van der Waals surface area contributed by atoms with Crippen LogP contribution in [0, 0.1) is 22.6 Å². The monoisotopic (exact) mass is 348 g/mol. The SMILES string of the molecule is CC1CN(c2c(F)cc(C#N)cc2C2OCC(C)(C)CO2)CC(C)O1. The van der Waals surface area contributed by atoms with Gasteiger partial charge in [-0.2, -0.15) is 5.26 Å². The van der Waals surface area contributed by atoms with Crippen molar-refractivity contribution in [3.63, 3.8) is 0 Å². The number of hydrogen-bond acceptors (Lipinski definition) is 5. The molecule has 2 heterocycles. The molecule has 2 saturated heterocycles. The van der Waals surface area contributed by atoms with Crippen molar-refractivity contribution in [3.05, 3.63) is 29.1 Å². The topological polar surface area (TPSA) is 54.7 Å². The molecule has 6 heteroatoms. The van der Waals surface area contributed by atoms with Crippen LogP contribution < -0.4 is 4.90 Å². The van der Waals surface area contributed by atoms with E-state index in [4.69, 9.17) is 14.2 Å². The molecule has 0 bridgehead atoms. The minimum Gasteiger partial charge on any atom is -0.372 e. The second kappa shape index (κ2) is 6.91. The van der Waals surface area contributed by atoms with Gasteiger partial charge in [-0.15, -0.1) is 0 Å². The first-order valence-corrected chi connectivity index (χ1v) is 8.66. The number of halogens is 1. The lowest BCUT2D eigenvalue weighted by Gasteiger charge is -2.40. The molecule has 0 spiro atoms. The summed E-state index contributed by atoms with van der Waals surface area (Å²) in [6.45, 7) is 10.3. The van der Waals surface area contributed by atoms with Crippen LogP contribution in [0.15, 0.2) is 12.1 Å². The fourth-order valence-corrected chi connectivity index (χ4v) is 3.43. The van der Waals surface area contributed by atoms with Gasteiger partial charge in [0.15, 0.2) is 6.29 Å². The Balaban J connectivity index is 1.98. The maximum absolute atomic E-state index is 14.9. The molecule has 1 aromatic carbocycles. The van der Waals surface area contributed by atoms with Gasteiger partial charge >= 0.3 is 0 Å². The Morgan fingerprint density at radius 1 is 1.16 bits per heavy atom. The van der Waals surface area contributed by atoms with E-state index in [9.17, 15) is 9.65 Å². The Kier molecular flexibility index (Phi) is 5.01. The first-order valence-electron chi connectivity index (χ1n) is 8.66. The average molecular weight is 348 g/mol. The minimum atomic E-state index is -0.667. The highest BCUT2D eigenvalue weighted by Crippen LogP contribution is 2.38. The highest BCUT2D eigenvalue weighted by atomic mass is 19.1. The summed E-state index contributed by atoms with van der Waals surface area (Å²) >= 11 is 0. The van der Waals surface area contributed by atoms with E-state index >= 15 is 0 Å². The van der Waals surface area contributed by atoms with Gasteiger partial charge in [0.2, 0.25) is 0 Å². The second-order valence-corrected chi connectivity index (χ2v) is 7.79. The average Bonchev–Trinajstić information content (AvgIpc) is 2.53. The van der Waals surface area contributed by atoms with E-state index in [2.05, 4.69) is 13.8 Å². The number of nitrogens with zero attached hydrogens (tertiary/aromatic N) is 2. The predicted octanol–water partition coefficient (Wildman–Crippen LogP) is 3.38. The first-order chi connectivity index (χ1) is 11.8. The fraction of sp³-hybridized carbons (Fsp3) is 0.632. The summed E-state index contributed by atoms with van der Waals surface area (Å²) in [5, 5.41) is 9.22. The van der Waals surface area contributed by atoms with Crippen LogP contribution >= 0.6 is 0 Å². The molecule has 2 aliphatic heterocycles. The highest BCUT2D eigenvalue weighted by Gasteiger charge is 2.34. The second-order valence-electron chi connectivity index (χ2n) is 7.79. The fourth-order valence-electron chi connectivity index (χ4n) is 3.43. The molecule has 0 aromatic heterocycles. The Morgan fingerprint density at radius 2 is 1.76 bits per heavy atom. The third-order valence-electron chi connectivity index (χ3n) is 4.46. The van der Waals surface area contributed by atoms with Crippen LogP contribution in [0.4, 0.5) is 10.1 Å². The summed E-state index contributed by atoms with van der Waals surface area (Å²) in [5.74, 6) is -0.424. The number of nitriles is 1.